The predicted octanol–water partition coefficient (Wildman–Crippen LogP) is 2.07. The van der Waals surface area contributed by atoms with Crippen molar-refractivity contribution in [2.45, 2.75) is 43.5 Å². The second kappa shape index (κ2) is 5.16. The number of carboxylic acids is 1. The number of aliphatic carboxylic acids is 1. The van der Waals surface area contributed by atoms with Crippen LogP contribution in [-0.4, -0.2) is 44.3 Å². The Morgan fingerprint density at radius 3 is 2.29 bits per heavy atom. The zero-order chi connectivity index (χ0) is 12.4. The highest BCUT2D eigenvalue weighted by Gasteiger charge is 2.45. The first kappa shape index (κ1) is 12.5. The van der Waals surface area contributed by atoms with Gasteiger partial charge in [0, 0.05) is 5.75 Å². The summed E-state index contributed by atoms with van der Waals surface area (Å²) in [5.41, 5.74) is 0. The van der Waals surface area contributed by atoms with Gasteiger partial charge in [0.1, 0.15) is 6.04 Å². The summed E-state index contributed by atoms with van der Waals surface area (Å²) in [4.78, 5) is 23.4. The van der Waals surface area contributed by atoms with Crippen molar-refractivity contribution < 1.29 is 19.8 Å². The van der Waals surface area contributed by atoms with Crippen LogP contribution < -0.4 is 0 Å². The molecule has 1 saturated carbocycles. The van der Waals surface area contributed by atoms with E-state index < -0.39 is 18.1 Å². The van der Waals surface area contributed by atoms with Crippen molar-refractivity contribution in [2.24, 2.45) is 5.92 Å². The van der Waals surface area contributed by atoms with Gasteiger partial charge in [0.05, 0.1) is 5.37 Å². The molecule has 1 heterocycles. The quantitative estimate of drug-likeness (QED) is 0.793. The molecule has 1 aliphatic carbocycles. The van der Waals surface area contributed by atoms with Crippen LogP contribution in [0.4, 0.5) is 4.79 Å². The van der Waals surface area contributed by atoms with Crippen molar-refractivity contribution in [3.8, 4) is 0 Å². The Bertz CT molecular complexity index is 317. The molecule has 0 aromatic heterocycles. The van der Waals surface area contributed by atoms with Gasteiger partial charge in [-0.2, -0.15) is 0 Å². The molecule has 6 heteroatoms. The summed E-state index contributed by atoms with van der Waals surface area (Å²) in [6.45, 7) is 0. The highest BCUT2D eigenvalue weighted by Crippen LogP contribution is 2.40. The van der Waals surface area contributed by atoms with Crippen molar-refractivity contribution in [1.82, 2.24) is 4.90 Å². The van der Waals surface area contributed by atoms with Crippen LogP contribution >= 0.6 is 11.8 Å². The molecule has 2 atom stereocenters. The second-order valence-corrected chi connectivity index (χ2v) is 5.82. The number of carbonyl (C=O) groups is 2. The lowest BCUT2D eigenvalue weighted by Crippen LogP contribution is -2.47. The summed E-state index contributed by atoms with van der Waals surface area (Å²) in [5.74, 6) is -0.324. The third-order valence-corrected chi connectivity index (χ3v) is 5.06. The first-order chi connectivity index (χ1) is 8.11. The molecule has 17 heavy (non-hydrogen) atoms. The Hall–Kier alpha value is -0.910. The van der Waals surface area contributed by atoms with E-state index in [0.29, 0.717) is 11.7 Å². The molecular weight excluding hydrogens is 242 g/mol. The number of rotatable bonds is 2. The number of hydrogen-bond acceptors (Lipinski definition) is 3. The van der Waals surface area contributed by atoms with E-state index in [4.69, 9.17) is 5.11 Å². The topological polar surface area (TPSA) is 77.8 Å². The minimum Gasteiger partial charge on any atom is -0.480 e. The zero-order valence-electron chi connectivity index (χ0n) is 9.54. The van der Waals surface area contributed by atoms with Crippen LogP contribution in [0.1, 0.15) is 32.1 Å². The molecule has 2 N–H and O–H groups in total. The summed E-state index contributed by atoms with van der Waals surface area (Å²) in [7, 11) is 0. The summed E-state index contributed by atoms with van der Waals surface area (Å²) in [5, 5.41) is 18.1. The normalized spacial score (nSPS) is 30.5. The molecule has 0 aromatic carbocycles. The molecule has 0 radical (unpaired) electrons. The summed E-state index contributed by atoms with van der Waals surface area (Å²) in [6, 6.07) is -0.871. The molecule has 2 aliphatic rings. The zero-order valence-corrected chi connectivity index (χ0v) is 10.4. The van der Waals surface area contributed by atoms with Crippen LogP contribution in [0.15, 0.2) is 0 Å². The maximum atomic E-state index is 11.2. The standard InChI is InChI=1S/C11H17NO4S/c13-10(14)8-6-17-9(12(8)11(15)16)7-4-2-1-3-5-7/h7-9H,1-6H2,(H,13,14)(H,15,16)/t8?,9-/m1/s1. The van der Waals surface area contributed by atoms with Gasteiger partial charge in [0.2, 0.25) is 0 Å². The molecule has 96 valence electrons. The highest BCUT2D eigenvalue weighted by atomic mass is 32.2. The van der Waals surface area contributed by atoms with Crippen LogP contribution in [-0.2, 0) is 4.79 Å². The van der Waals surface area contributed by atoms with Crippen LogP contribution in [0.2, 0.25) is 0 Å². The van der Waals surface area contributed by atoms with E-state index in [-0.39, 0.29) is 5.37 Å². The molecule has 1 amide bonds. The lowest BCUT2D eigenvalue weighted by Gasteiger charge is -2.32. The molecule has 5 nitrogen and oxygen atoms in total. The average molecular weight is 259 g/mol. The van der Waals surface area contributed by atoms with Gasteiger partial charge in [-0.3, -0.25) is 4.90 Å². The van der Waals surface area contributed by atoms with Gasteiger partial charge in [-0.15, -0.1) is 11.8 Å². The fourth-order valence-corrected chi connectivity index (χ4v) is 4.37. The van der Waals surface area contributed by atoms with Crippen LogP contribution in [0, 0.1) is 5.92 Å². The Morgan fingerprint density at radius 1 is 1.12 bits per heavy atom. The SMILES string of the molecule is O=C(O)C1CS[C@H](C2CCCCC2)N1C(=O)O. The van der Waals surface area contributed by atoms with Crippen molar-refractivity contribution in [1.29, 1.82) is 0 Å². The number of nitrogens with zero attached hydrogens (tertiary/aromatic N) is 1. The molecule has 0 bridgehead atoms. The summed E-state index contributed by atoms with van der Waals surface area (Å²) < 4.78 is 0. The van der Waals surface area contributed by atoms with E-state index in [1.54, 1.807) is 0 Å². The molecule has 2 fully saturated rings. The van der Waals surface area contributed by atoms with E-state index in [9.17, 15) is 14.7 Å². The smallest absolute Gasteiger partial charge is 0.408 e. The number of carboxylic acid groups (broad SMARTS) is 2. The van der Waals surface area contributed by atoms with Gasteiger partial charge < -0.3 is 10.2 Å². The molecule has 2 rings (SSSR count). The van der Waals surface area contributed by atoms with Crippen LogP contribution in [0.25, 0.3) is 0 Å². The molecule has 0 aromatic rings. The van der Waals surface area contributed by atoms with Crippen molar-refractivity contribution in [3.63, 3.8) is 0 Å². The molecule has 1 aliphatic heterocycles. The minimum absolute atomic E-state index is 0.158. The minimum atomic E-state index is -1.10. The third-order valence-electron chi connectivity index (χ3n) is 3.59. The number of amides is 1. The maximum absolute atomic E-state index is 11.2. The van der Waals surface area contributed by atoms with Gasteiger partial charge in [-0.05, 0) is 18.8 Å². The van der Waals surface area contributed by atoms with Crippen LogP contribution in [0.5, 0.6) is 0 Å². The highest BCUT2D eigenvalue weighted by molar-refractivity contribution is 8.00. The van der Waals surface area contributed by atoms with Gasteiger partial charge in [0.25, 0.3) is 0 Å². The van der Waals surface area contributed by atoms with Gasteiger partial charge >= 0.3 is 12.1 Å². The predicted molar refractivity (Wildman–Crippen MR) is 64.1 cm³/mol. The van der Waals surface area contributed by atoms with Gasteiger partial charge in [-0.1, -0.05) is 19.3 Å². The maximum Gasteiger partial charge on any atom is 0.408 e. The Kier molecular flexibility index (Phi) is 3.81. The number of thioether (sulfide) groups is 1. The van der Waals surface area contributed by atoms with E-state index in [1.807, 2.05) is 0 Å². The molecule has 1 unspecified atom stereocenters. The summed E-state index contributed by atoms with van der Waals surface area (Å²) >= 11 is 1.49. The lowest BCUT2D eigenvalue weighted by atomic mass is 9.88. The average Bonchev–Trinajstić information content (AvgIpc) is 2.74. The van der Waals surface area contributed by atoms with E-state index in [0.717, 1.165) is 30.6 Å². The molecule has 0 spiro atoms. The van der Waals surface area contributed by atoms with Gasteiger partial charge in [0.15, 0.2) is 0 Å². The van der Waals surface area contributed by atoms with Crippen molar-refractivity contribution in [3.05, 3.63) is 0 Å². The Balaban J connectivity index is 2.11. The van der Waals surface area contributed by atoms with Crippen LogP contribution in [0.3, 0.4) is 0 Å². The monoisotopic (exact) mass is 259 g/mol. The van der Waals surface area contributed by atoms with E-state index in [2.05, 4.69) is 0 Å². The third kappa shape index (κ3) is 2.51. The lowest BCUT2D eigenvalue weighted by molar-refractivity contribution is -0.141. The fraction of sp³-hybridized carbons (Fsp3) is 0.818. The summed E-state index contributed by atoms with van der Waals surface area (Å²) in [6.07, 6.45) is 4.42. The van der Waals surface area contributed by atoms with Crippen molar-refractivity contribution in [2.75, 3.05) is 5.75 Å². The van der Waals surface area contributed by atoms with E-state index in [1.165, 1.54) is 18.2 Å². The Labute approximate surface area is 104 Å². The number of hydrogen-bond donors (Lipinski definition) is 2. The van der Waals surface area contributed by atoms with Gasteiger partial charge in [-0.25, -0.2) is 9.59 Å². The molecular formula is C11H17NO4S. The fourth-order valence-electron chi connectivity index (χ4n) is 2.74. The van der Waals surface area contributed by atoms with E-state index >= 15 is 0 Å². The first-order valence-corrected chi connectivity index (χ1v) is 7.02. The largest absolute Gasteiger partial charge is 0.480 e. The first-order valence-electron chi connectivity index (χ1n) is 5.97. The second-order valence-electron chi connectivity index (χ2n) is 4.67. The molecule has 1 saturated heterocycles. The van der Waals surface area contributed by atoms with Crippen molar-refractivity contribution >= 4 is 23.8 Å². The Morgan fingerprint density at radius 2 is 1.76 bits per heavy atom.